The fraction of sp³-hybridized carbons (Fsp3) is 0.250. The number of carbonyl (C=O) groups is 2. The topological polar surface area (TPSA) is 55.8 Å². The van der Waals surface area contributed by atoms with Crippen molar-refractivity contribution in [2.75, 3.05) is 27.3 Å². The molecule has 29 heavy (non-hydrogen) atoms. The first-order valence-electron chi connectivity index (χ1n) is 9.72. The number of likely N-dealkylation sites (tertiary alicyclic amines) is 1. The zero-order valence-electron chi connectivity index (χ0n) is 16.6. The van der Waals surface area contributed by atoms with Gasteiger partial charge in [0.05, 0.1) is 31.1 Å². The normalized spacial score (nSPS) is 22.4. The quantitative estimate of drug-likeness (QED) is 0.747. The van der Waals surface area contributed by atoms with Crippen molar-refractivity contribution in [3.05, 3.63) is 80.6 Å². The van der Waals surface area contributed by atoms with Gasteiger partial charge in [-0.25, -0.2) is 9.59 Å². The molecule has 0 saturated carbocycles. The third kappa shape index (κ3) is 3.33. The van der Waals surface area contributed by atoms with Gasteiger partial charge in [0.15, 0.2) is 0 Å². The molecule has 148 valence electrons. The van der Waals surface area contributed by atoms with Crippen LogP contribution in [0.5, 0.6) is 0 Å². The van der Waals surface area contributed by atoms with Crippen molar-refractivity contribution in [3.63, 3.8) is 0 Å². The second-order valence-corrected chi connectivity index (χ2v) is 7.09. The molecule has 0 radical (unpaired) electrons. The SMILES string of the molecule is COC(=O)C1=C(C(=O)OC)/C(N2CCCC2)=c2/cccc/c2=c2\cccc\c2=C\1. The molecule has 2 aliphatic rings. The molecule has 0 atom stereocenters. The van der Waals surface area contributed by atoms with Gasteiger partial charge in [0.1, 0.15) is 0 Å². The summed E-state index contributed by atoms with van der Waals surface area (Å²) in [6.45, 7) is 1.64. The molecule has 0 amide bonds. The molecule has 1 saturated heterocycles. The number of nitrogens with zero attached hydrogens (tertiary/aromatic N) is 1. The Labute approximate surface area is 168 Å². The maximum absolute atomic E-state index is 13.0. The molecule has 5 heteroatoms. The molecule has 1 aliphatic heterocycles. The van der Waals surface area contributed by atoms with Gasteiger partial charge in [-0.15, -0.1) is 0 Å². The lowest BCUT2D eigenvalue weighted by Crippen LogP contribution is -2.32. The summed E-state index contributed by atoms with van der Waals surface area (Å²) < 4.78 is 10.2. The van der Waals surface area contributed by atoms with E-state index in [9.17, 15) is 9.59 Å². The van der Waals surface area contributed by atoms with Gasteiger partial charge in [-0.05, 0) is 34.6 Å². The molecule has 2 aromatic carbocycles. The van der Waals surface area contributed by atoms with Crippen LogP contribution in [-0.2, 0) is 19.1 Å². The van der Waals surface area contributed by atoms with Crippen molar-refractivity contribution >= 4 is 23.7 Å². The van der Waals surface area contributed by atoms with Gasteiger partial charge < -0.3 is 14.4 Å². The van der Waals surface area contributed by atoms with E-state index < -0.39 is 11.9 Å². The van der Waals surface area contributed by atoms with Gasteiger partial charge in [0.2, 0.25) is 0 Å². The number of carbonyl (C=O) groups excluding carboxylic acids is 2. The van der Waals surface area contributed by atoms with Crippen molar-refractivity contribution in [1.29, 1.82) is 0 Å². The molecule has 1 aliphatic carbocycles. The van der Waals surface area contributed by atoms with Gasteiger partial charge >= 0.3 is 11.9 Å². The van der Waals surface area contributed by atoms with Crippen LogP contribution in [0.3, 0.4) is 0 Å². The molecule has 0 bridgehead atoms. The molecule has 1 heterocycles. The third-order valence-corrected chi connectivity index (χ3v) is 5.46. The van der Waals surface area contributed by atoms with Crippen LogP contribution >= 0.6 is 0 Å². The maximum atomic E-state index is 13.0. The number of hydrogen-bond acceptors (Lipinski definition) is 5. The minimum Gasteiger partial charge on any atom is -0.465 e. The molecule has 1 fully saturated rings. The fourth-order valence-corrected chi connectivity index (χ4v) is 4.13. The monoisotopic (exact) mass is 389 g/mol. The summed E-state index contributed by atoms with van der Waals surface area (Å²) in [6.07, 6.45) is 3.81. The Balaban J connectivity index is 2.30. The average Bonchev–Trinajstić information content (AvgIpc) is 3.28. The van der Waals surface area contributed by atoms with E-state index in [4.69, 9.17) is 9.47 Å². The first kappa shape index (κ1) is 19.0. The van der Waals surface area contributed by atoms with Gasteiger partial charge in [-0.3, -0.25) is 0 Å². The highest BCUT2D eigenvalue weighted by Crippen LogP contribution is 2.27. The van der Waals surface area contributed by atoms with Crippen LogP contribution in [0.15, 0.2) is 59.7 Å². The first-order chi connectivity index (χ1) is 14.2. The molecule has 5 nitrogen and oxygen atoms in total. The molecule has 2 aromatic rings. The highest BCUT2D eigenvalue weighted by Gasteiger charge is 2.30. The van der Waals surface area contributed by atoms with Crippen LogP contribution in [0.1, 0.15) is 12.8 Å². The standard InChI is InChI=1S/C24H23NO4/c1-28-23(26)20-15-16-9-3-4-10-17(16)18-11-5-6-12-19(18)22(21(20)24(27)29-2)25-13-7-8-14-25/h3-6,9-12,15H,7-8,13-14H2,1-2H3/b16-15-,18-17-,20-15?,21-20-,22-19+,22-21?. The lowest BCUT2D eigenvalue weighted by Gasteiger charge is -2.25. The van der Waals surface area contributed by atoms with E-state index in [0.29, 0.717) is 0 Å². The highest BCUT2D eigenvalue weighted by molar-refractivity contribution is 6.13. The summed E-state index contributed by atoms with van der Waals surface area (Å²) >= 11 is 0. The highest BCUT2D eigenvalue weighted by atomic mass is 16.5. The maximum Gasteiger partial charge on any atom is 0.340 e. The second kappa shape index (κ2) is 7.95. The number of fused-ring (bicyclic) bond motifs is 2. The Bertz CT molecular complexity index is 1220. The smallest absolute Gasteiger partial charge is 0.340 e. The summed E-state index contributed by atoms with van der Waals surface area (Å²) in [5.41, 5.74) is 1.20. The second-order valence-electron chi connectivity index (χ2n) is 7.09. The number of methoxy groups -OCH3 is 2. The molecule has 0 unspecified atom stereocenters. The Hall–Kier alpha value is -3.34. The Morgan fingerprint density at radius 3 is 2.03 bits per heavy atom. The molecule has 0 aromatic heterocycles. The zero-order valence-corrected chi connectivity index (χ0v) is 16.6. The predicted octanol–water partition coefficient (Wildman–Crippen LogP) is 1.61. The zero-order chi connectivity index (χ0) is 20.4. The summed E-state index contributed by atoms with van der Waals surface area (Å²) in [4.78, 5) is 28.0. The van der Waals surface area contributed by atoms with Crippen molar-refractivity contribution in [2.45, 2.75) is 12.8 Å². The number of esters is 2. The van der Waals surface area contributed by atoms with Crippen molar-refractivity contribution in [2.24, 2.45) is 0 Å². The van der Waals surface area contributed by atoms with E-state index >= 15 is 0 Å². The number of ether oxygens (including phenoxy) is 2. The predicted molar refractivity (Wildman–Crippen MR) is 110 cm³/mol. The van der Waals surface area contributed by atoms with Crippen molar-refractivity contribution < 1.29 is 19.1 Å². The van der Waals surface area contributed by atoms with E-state index in [-0.39, 0.29) is 11.1 Å². The first-order valence-corrected chi connectivity index (χ1v) is 9.72. The van der Waals surface area contributed by atoms with Crippen molar-refractivity contribution in [3.8, 4) is 0 Å². The summed E-state index contributed by atoms with van der Waals surface area (Å²) in [5.74, 6) is -1.10. The van der Waals surface area contributed by atoms with Gasteiger partial charge in [-0.2, -0.15) is 0 Å². The fourth-order valence-electron chi connectivity index (χ4n) is 4.13. The van der Waals surface area contributed by atoms with Gasteiger partial charge in [-0.1, -0.05) is 48.5 Å². The lowest BCUT2D eigenvalue weighted by atomic mass is 9.96. The van der Waals surface area contributed by atoms with Crippen LogP contribution in [0.4, 0.5) is 0 Å². The minimum atomic E-state index is -0.559. The van der Waals surface area contributed by atoms with Crippen LogP contribution < -0.4 is 10.4 Å². The number of benzene rings is 2. The third-order valence-electron chi connectivity index (χ3n) is 5.46. The van der Waals surface area contributed by atoms with Crippen LogP contribution in [0.2, 0.25) is 0 Å². The molecular formula is C24H23NO4. The summed E-state index contributed by atoms with van der Waals surface area (Å²) in [6, 6.07) is 15.9. The van der Waals surface area contributed by atoms with E-state index in [1.54, 1.807) is 6.08 Å². The van der Waals surface area contributed by atoms with Crippen LogP contribution in [0.25, 0.3) is 11.8 Å². The van der Waals surface area contributed by atoms with Gasteiger partial charge in [0, 0.05) is 18.3 Å². The minimum absolute atomic E-state index is 0.211. The summed E-state index contributed by atoms with van der Waals surface area (Å²) in [5, 5.41) is 3.79. The van der Waals surface area contributed by atoms with Crippen LogP contribution in [-0.4, -0.2) is 44.1 Å². The van der Waals surface area contributed by atoms with E-state index in [0.717, 1.165) is 52.5 Å². The van der Waals surface area contributed by atoms with Crippen molar-refractivity contribution in [1.82, 2.24) is 4.90 Å². The molecular weight excluding hydrogens is 366 g/mol. The van der Waals surface area contributed by atoms with E-state index in [2.05, 4.69) is 11.0 Å². The Morgan fingerprint density at radius 2 is 1.38 bits per heavy atom. The number of rotatable bonds is 3. The average molecular weight is 389 g/mol. The Morgan fingerprint density at radius 1 is 0.793 bits per heavy atom. The molecule has 4 rings (SSSR count). The summed E-state index contributed by atoms with van der Waals surface area (Å²) in [7, 11) is 2.66. The molecule has 0 spiro atoms. The largest absolute Gasteiger partial charge is 0.465 e. The Kier molecular flexibility index (Phi) is 5.21. The van der Waals surface area contributed by atoms with E-state index in [1.807, 2.05) is 42.5 Å². The van der Waals surface area contributed by atoms with Crippen LogP contribution in [0, 0.1) is 10.4 Å². The number of hydrogen-bond donors (Lipinski definition) is 0. The van der Waals surface area contributed by atoms with Gasteiger partial charge in [0.25, 0.3) is 0 Å². The molecule has 0 N–H and O–H groups in total. The van der Waals surface area contributed by atoms with E-state index in [1.165, 1.54) is 14.2 Å². The lowest BCUT2D eigenvalue weighted by molar-refractivity contribution is -0.138.